The number of rotatable bonds is 11. The third-order valence-corrected chi connectivity index (χ3v) is 6.28. The van der Waals surface area contributed by atoms with Crippen molar-refractivity contribution in [2.45, 2.75) is 39.5 Å². The van der Waals surface area contributed by atoms with Gasteiger partial charge in [-0.05, 0) is 92.6 Å². The minimum Gasteiger partial charge on any atom is -0.481 e. The number of aromatic amines is 2. The summed E-state index contributed by atoms with van der Waals surface area (Å²) in [5.74, 6) is -0.932. The van der Waals surface area contributed by atoms with Crippen molar-refractivity contribution in [1.82, 2.24) is 14.8 Å². The van der Waals surface area contributed by atoms with Crippen molar-refractivity contribution < 1.29 is 14.7 Å². The number of carboxylic acids is 1. The molecule has 0 saturated carbocycles. The molecule has 4 N–H and O–H groups in total. The van der Waals surface area contributed by atoms with Crippen LogP contribution >= 0.6 is 36.0 Å². The molecule has 0 aliphatic carbocycles. The highest BCUT2D eigenvalue weighted by atomic mass is 35.5. The maximum Gasteiger partial charge on any atom is 0.303 e. The Balaban J connectivity index is 1.64. The van der Waals surface area contributed by atoms with E-state index in [2.05, 4.69) is 20.4 Å². The Morgan fingerprint density at radius 1 is 1.03 bits per heavy atom. The van der Waals surface area contributed by atoms with Crippen LogP contribution in [0.4, 0.5) is 11.4 Å². The van der Waals surface area contributed by atoms with Crippen molar-refractivity contribution in [2.24, 2.45) is 0 Å². The van der Waals surface area contributed by atoms with Crippen LogP contribution in [0.1, 0.15) is 36.8 Å². The first-order chi connectivity index (χ1) is 16.7. The monoisotopic (exact) mass is 533 g/mol. The number of nitrogens with one attached hydrogen (secondary N) is 3. The number of aliphatic carboxylic acids is 1. The Labute approximate surface area is 218 Å². The van der Waals surface area contributed by atoms with Crippen molar-refractivity contribution in [1.29, 1.82) is 0 Å². The van der Waals surface area contributed by atoms with Gasteiger partial charge in [0, 0.05) is 42.3 Å². The first kappa shape index (κ1) is 26.7. The molecule has 8 nitrogen and oxygen atoms in total. The van der Waals surface area contributed by atoms with Crippen LogP contribution in [0.25, 0.3) is 5.69 Å². The summed E-state index contributed by atoms with van der Waals surface area (Å²) < 4.78 is 2.55. The Bertz CT molecular complexity index is 1280. The molecule has 3 rings (SSSR count). The minimum atomic E-state index is -0.821. The van der Waals surface area contributed by atoms with Crippen molar-refractivity contribution in [2.75, 3.05) is 23.3 Å². The van der Waals surface area contributed by atoms with Crippen molar-refractivity contribution in [3.63, 3.8) is 0 Å². The van der Waals surface area contributed by atoms with Gasteiger partial charge in [-0.3, -0.25) is 24.4 Å². The van der Waals surface area contributed by atoms with E-state index in [0.29, 0.717) is 52.6 Å². The van der Waals surface area contributed by atoms with Gasteiger partial charge in [0.05, 0.1) is 5.69 Å². The van der Waals surface area contributed by atoms with Gasteiger partial charge >= 0.3 is 5.97 Å². The first-order valence-electron chi connectivity index (χ1n) is 11.2. The molecule has 0 aliphatic heterocycles. The Morgan fingerprint density at radius 2 is 1.63 bits per heavy atom. The number of carbonyl (C=O) groups is 2. The van der Waals surface area contributed by atoms with E-state index in [0.717, 1.165) is 22.5 Å². The molecule has 0 atom stereocenters. The average molecular weight is 534 g/mol. The third-order valence-electron chi connectivity index (χ3n) is 5.49. The molecular formula is C24H28ClN5O3S2. The number of H-pyrrole nitrogens is 2. The Hall–Kier alpha value is -2.95. The molecule has 1 heterocycles. The topological polar surface area (TPSA) is 106 Å². The fourth-order valence-electron chi connectivity index (χ4n) is 4.08. The van der Waals surface area contributed by atoms with Crippen LogP contribution in [0, 0.1) is 23.4 Å². The zero-order chi connectivity index (χ0) is 25.5. The average Bonchev–Trinajstić information content (AvgIpc) is 3.10. The smallest absolute Gasteiger partial charge is 0.303 e. The molecule has 0 saturated heterocycles. The summed E-state index contributed by atoms with van der Waals surface area (Å²) in [5.41, 5.74) is 4.47. The lowest BCUT2D eigenvalue weighted by atomic mass is 10.1. The van der Waals surface area contributed by atoms with Gasteiger partial charge in [0.2, 0.25) is 5.91 Å². The molecule has 1 amide bonds. The zero-order valence-electron chi connectivity index (χ0n) is 19.6. The largest absolute Gasteiger partial charge is 0.481 e. The molecular weight excluding hydrogens is 506 g/mol. The summed E-state index contributed by atoms with van der Waals surface area (Å²) in [6.07, 6.45) is 1.52. The van der Waals surface area contributed by atoms with E-state index < -0.39 is 5.97 Å². The van der Waals surface area contributed by atoms with Crippen LogP contribution in [-0.4, -0.2) is 44.8 Å². The number of halogens is 1. The summed E-state index contributed by atoms with van der Waals surface area (Å²) >= 11 is 16.7. The maximum atomic E-state index is 12.7. The number of nitrogens with zero attached hydrogens (tertiary/aromatic N) is 2. The van der Waals surface area contributed by atoms with Gasteiger partial charge in [0.25, 0.3) is 0 Å². The standard InChI is InChI=1S/C24H28ClN5O3S2/c1-15-12-17(25)13-16(2)22(15)29(11-5-9-21(32)33)10-4-8-20(31)26-18-6-3-7-19(14-18)30-23(34)27-28-24(30)35/h3,6-7,12-14H,4-5,8-11H2,1-2H3,(H,26,31)(H,27,34)(H,28,35)(H,32,33). The van der Waals surface area contributed by atoms with Gasteiger partial charge in [0.1, 0.15) is 0 Å². The molecule has 0 fully saturated rings. The number of anilines is 2. The van der Waals surface area contributed by atoms with Crippen molar-refractivity contribution in [3.05, 3.63) is 62.1 Å². The summed E-state index contributed by atoms with van der Waals surface area (Å²) in [4.78, 5) is 25.8. The lowest BCUT2D eigenvalue weighted by Gasteiger charge is -2.28. The molecule has 0 aliphatic rings. The lowest BCUT2D eigenvalue weighted by molar-refractivity contribution is -0.137. The van der Waals surface area contributed by atoms with E-state index in [1.807, 2.05) is 50.2 Å². The second-order valence-corrected chi connectivity index (χ2v) is 9.48. The highest BCUT2D eigenvalue weighted by molar-refractivity contribution is 7.72. The van der Waals surface area contributed by atoms with E-state index in [-0.39, 0.29) is 12.3 Å². The lowest BCUT2D eigenvalue weighted by Crippen LogP contribution is -2.28. The zero-order valence-corrected chi connectivity index (χ0v) is 21.9. The van der Waals surface area contributed by atoms with E-state index in [4.69, 9.17) is 41.1 Å². The number of benzene rings is 2. The predicted octanol–water partition coefficient (Wildman–Crippen LogP) is 5.95. The van der Waals surface area contributed by atoms with E-state index in [1.54, 1.807) is 4.57 Å². The van der Waals surface area contributed by atoms with Crippen molar-refractivity contribution in [3.8, 4) is 5.69 Å². The molecule has 3 aromatic rings. The third kappa shape index (κ3) is 7.27. The van der Waals surface area contributed by atoms with Crippen molar-refractivity contribution >= 4 is 59.3 Å². The fraction of sp³-hybridized carbons (Fsp3) is 0.333. The van der Waals surface area contributed by atoms with Crippen LogP contribution in [0.15, 0.2) is 36.4 Å². The minimum absolute atomic E-state index is 0.0912. The SMILES string of the molecule is Cc1cc(Cl)cc(C)c1N(CCCC(=O)O)CCCC(=O)Nc1cccc(-n2c(=S)[nH][nH]c2=S)c1. The Kier molecular flexibility index (Phi) is 9.25. The van der Waals surface area contributed by atoms with Gasteiger partial charge in [0.15, 0.2) is 9.54 Å². The molecule has 0 unspecified atom stereocenters. The predicted molar refractivity (Wildman–Crippen MR) is 144 cm³/mol. The van der Waals surface area contributed by atoms with Gasteiger partial charge in [-0.2, -0.15) is 0 Å². The van der Waals surface area contributed by atoms with Crippen LogP contribution in [0.2, 0.25) is 5.02 Å². The highest BCUT2D eigenvalue weighted by Crippen LogP contribution is 2.29. The summed E-state index contributed by atoms with van der Waals surface area (Å²) in [6.45, 7) is 5.17. The molecule has 1 aromatic heterocycles. The molecule has 0 bridgehead atoms. The van der Waals surface area contributed by atoms with Crippen LogP contribution in [0.3, 0.4) is 0 Å². The number of hydrogen-bond donors (Lipinski definition) is 4. The normalized spacial score (nSPS) is 10.8. The summed E-state index contributed by atoms with van der Waals surface area (Å²) in [7, 11) is 0. The number of hydrogen-bond acceptors (Lipinski definition) is 5. The second-order valence-electron chi connectivity index (χ2n) is 8.27. The van der Waals surface area contributed by atoms with Gasteiger partial charge < -0.3 is 15.3 Å². The molecule has 0 spiro atoms. The van der Waals surface area contributed by atoms with E-state index in [1.165, 1.54) is 0 Å². The second kappa shape index (κ2) is 12.1. The number of amides is 1. The summed E-state index contributed by atoms with van der Waals surface area (Å²) in [5, 5.41) is 18.2. The first-order valence-corrected chi connectivity index (χ1v) is 12.4. The molecule has 186 valence electrons. The number of aromatic nitrogens is 3. The van der Waals surface area contributed by atoms with Crippen LogP contribution < -0.4 is 10.2 Å². The van der Waals surface area contributed by atoms with E-state index >= 15 is 0 Å². The van der Waals surface area contributed by atoms with Crippen LogP contribution in [-0.2, 0) is 9.59 Å². The van der Waals surface area contributed by atoms with E-state index in [9.17, 15) is 9.59 Å². The summed E-state index contributed by atoms with van der Waals surface area (Å²) in [6, 6.07) is 11.1. The highest BCUT2D eigenvalue weighted by Gasteiger charge is 2.15. The molecule has 0 radical (unpaired) electrons. The van der Waals surface area contributed by atoms with Gasteiger partial charge in [-0.15, -0.1) is 0 Å². The molecule has 11 heteroatoms. The van der Waals surface area contributed by atoms with Gasteiger partial charge in [-0.25, -0.2) is 0 Å². The number of carbonyl (C=O) groups excluding carboxylic acids is 1. The van der Waals surface area contributed by atoms with Crippen LogP contribution in [0.5, 0.6) is 0 Å². The number of aryl methyl sites for hydroxylation is 2. The number of carboxylic acid groups (broad SMARTS) is 1. The fourth-order valence-corrected chi connectivity index (χ4v) is 4.96. The quantitative estimate of drug-likeness (QED) is 0.227. The molecule has 2 aromatic carbocycles. The van der Waals surface area contributed by atoms with Gasteiger partial charge in [-0.1, -0.05) is 17.7 Å². The molecule has 35 heavy (non-hydrogen) atoms. The Morgan fingerprint density at radius 3 is 2.23 bits per heavy atom. The maximum absolute atomic E-state index is 12.7.